The van der Waals surface area contributed by atoms with Gasteiger partial charge in [0.2, 0.25) is 0 Å². The van der Waals surface area contributed by atoms with Gasteiger partial charge in [-0.1, -0.05) is 6.92 Å². The van der Waals surface area contributed by atoms with Gasteiger partial charge in [-0.15, -0.1) is 11.3 Å². The SMILES string of the molecule is CCC(CNC)c1nc(C2CCN(C)C2)cs1. The zero-order valence-corrected chi connectivity index (χ0v) is 11.9. The molecule has 1 fully saturated rings. The van der Waals surface area contributed by atoms with Crippen molar-refractivity contribution < 1.29 is 0 Å². The Labute approximate surface area is 108 Å². The Morgan fingerprint density at radius 1 is 1.65 bits per heavy atom. The van der Waals surface area contributed by atoms with Gasteiger partial charge in [0.15, 0.2) is 0 Å². The van der Waals surface area contributed by atoms with Crippen LogP contribution in [-0.2, 0) is 0 Å². The zero-order chi connectivity index (χ0) is 12.3. The molecule has 2 unspecified atom stereocenters. The number of thiazole rings is 1. The van der Waals surface area contributed by atoms with Gasteiger partial charge in [-0.3, -0.25) is 0 Å². The zero-order valence-electron chi connectivity index (χ0n) is 11.1. The molecular weight excluding hydrogens is 230 g/mol. The lowest BCUT2D eigenvalue weighted by Gasteiger charge is -2.11. The molecule has 3 nitrogen and oxygen atoms in total. The van der Waals surface area contributed by atoms with E-state index in [4.69, 9.17) is 4.98 Å². The Hall–Kier alpha value is -0.450. The lowest BCUT2D eigenvalue weighted by atomic mass is 10.1. The fourth-order valence-corrected chi connectivity index (χ4v) is 3.59. The molecule has 1 N–H and O–H groups in total. The third-order valence-electron chi connectivity index (χ3n) is 3.64. The van der Waals surface area contributed by atoms with E-state index in [0.717, 1.165) is 6.54 Å². The Morgan fingerprint density at radius 2 is 2.47 bits per heavy atom. The van der Waals surface area contributed by atoms with E-state index in [-0.39, 0.29) is 0 Å². The van der Waals surface area contributed by atoms with E-state index in [2.05, 4.69) is 29.6 Å². The minimum Gasteiger partial charge on any atom is -0.319 e. The maximum atomic E-state index is 4.87. The van der Waals surface area contributed by atoms with Crippen LogP contribution in [0.4, 0.5) is 0 Å². The smallest absolute Gasteiger partial charge is 0.0971 e. The molecule has 17 heavy (non-hydrogen) atoms. The fraction of sp³-hybridized carbons (Fsp3) is 0.769. The molecule has 1 saturated heterocycles. The van der Waals surface area contributed by atoms with E-state index in [1.807, 2.05) is 18.4 Å². The minimum absolute atomic E-state index is 0.581. The highest BCUT2D eigenvalue weighted by atomic mass is 32.1. The van der Waals surface area contributed by atoms with E-state index in [1.165, 1.54) is 36.6 Å². The quantitative estimate of drug-likeness (QED) is 0.872. The molecule has 4 heteroatoms. The molecule has 0 spiro atoms. The molecule has 0 bridgehead atoms. The summed E-state index contributed by atoms with van der Waals surface area (Å²) in [5.74, 6) is 1.25. The lowest BCUT2D eigenvalue weighted by Crippen LogP contribution is -2.16. The maximum absolute atomic E-state index is 4.87. The lowest BCUT2D eigenvalue weighted by molar-refractivity contribution is 0.411. The summed E-state index contributed by atoms with van der Waals surface area (Å²) in [5.41, 5.74) is 1.32. The van der Waals surface area contributed by atoms with Gasteiger partial charge in [0.1, 0.15) is 0 Å². The van der Waals surface area contributed by atoms with E-state index < -0.39 is 0 Å². The highest BCUT2D eigenvalue weighted by Gasteiger charge is 2.24. The predicted octanol–water partition coefficient (Wildman–Crippen LogP) is 2.28. The largest absolute Gasteiger partial charge is 0.319 e. The van der Waals surface area contributed by atoms with E-state index in [0.29, 0.717) is 11.8 Å². The Morgan fingerprint density at radius 3 is 3.06 bits per heavy atom. The molecule has 1 aliphatic heterocycles. The second-order valence-electron chi connectivity index (χ2n) is 5.02. The van der Waals surface area contributed by atoms with Gasteiger partial charge in [-0.05, 0) is 33.5 Å². The molecule has 2 atom stereocenters. The number of aromatic nitrogens is 1. The van der Waals surface area contributed by atoms with Crippen molar-refractivity contribution in [3.63, 3.8) is 0 Å². The maximum Gasteiger partial charge on any atom is 0.0971 e. The average Bonchev–Trinajstić information content (AvgIpc) is 2.94. The summed E-state index contributed by atoms with van der Waals surface area (Å²) in [5, 5.41) is 6.85. The molecule has 0 saturated carbocycles. The number of rotatable bonds is 5. The topological polar surface area (TPSA) is 28.2 Å². The van der Waals surface area contributed by atoms with Crippen molar-refractivity contribution in [1.29, 1.82) is 0 Å². The van der Waals surface area contributed by atoms with Crippen molar-refractivity contribution >= 4 is 11.3 Å². The first-order valence-corrected chi connectivity index (χ1v) is 7.41. The van der Waals surface area contributed by atoms with Gasteiger partial charge in [-0.25, -0.2) is 4.98 Å². The first kappa shape index (κ1) is 13.0. The van der Waals surface area contributed by atoms with Crippen LogP contribution in [0.25, 0.3) is 0 Å². The standard InChI is InChI=1S/C13H23N3S/c1-4-10(7-14-2)13-15-12(9-17-13)11-5-6-16(3)8-11/h9-11,14H,4-8H2,1-3H3. The summed E-state index contributed by atoms with van der Waals surface area (Å²) in [6.07, 6.45) is 2.43. The van der Waals surface area contributed by atoms with Crippen LogP contribution in [0.15, 0.2) is 5.38 Å². The molecule has 0 radical (unpaired) electrons. The van der Waals surface area contributed by atoms with Gasteiger partial charge in [0.05, 0.1) is 10.7 Å². The van der Waals surface area contributed by atoms with Crippen molar-refractivity contribution in [2.45, 2.75) is 31.6 Å². The number of nitrogens with one attached hydrogen (secondary N) is 1. The van der Waals surface area contributed by atoms with Crippen LogP contribution in [0, 0.1) is 0 Å². The van der Waals surface area contributed by atoms with Crippen molar-refractivity contribution in [2.24, 2.45) is 0 Å². The second-order valence-corrected chi connectivity index (χ2v) is 5.91. The molecule has 1 aliphatic rings. The average molecular weight is 253 g/mol. The molecule has 2 rings (SSSR count). The Balaban J connectivity index is 2.04. The first-order valence-electron chi connectivity index (χ1n) is 6.53. The van der Waals surface area contributed by atoms with E-state index >= 15 is 0 Å². The molecule has 2 heterocycles. The van der Waals surface area contributed by atoms with Crippen LogP contribution < -0.4 is 5.32 Å². The van der Waals surface area contributed by atoms with Gasteiger partial charge >= 0.3 is 0 Å². The van der Waals surface area contributed by atoms with Crippen molar-refractivity contribution in [3.8, 4) is 0 Å². The molecule has 0 aliphatic carbocycles. The van der Waals surface area contributed by atoms with Crippen LogP contribution in [0.2, 0.25) is 0 Å². The normalized spacial score (nSPS) is 23.1. The fourth-order valence-electron chi connectivity index (χ4n) is 2.50. The first-order chi connectivity index (χ1) is 8.24. The van der Waals surface area contributed by atoms with Gasteiger partial charge in [0.25, 0.3) is 0 Å². The summed E-state index contributed by atoms with van der Waals surface area (Å²) in [6.45, 7) is 5.66. The summed E-state index contributed by atoms with van der Waals surface area (Å²) < 4.78 is 0. The van der Waals surface area contributed by atoms with Gasteiger partial charge in [0, 0.05) is 30.3 Å². The van der Waals surface area contributed by atoms with Gasteiger partial charge < -0.3 is 10.2 Å². The van der Waals surface area contributed by atoms with Crippen LogP contribution >= 0.6 is 11.3 Å². The summed E-state index contributed by atoms with van der Waals surface area (Å²) in [6, 6.07) is 0. The molecule has 0 aromatic carbocycles. The van der Waals surface area contributed by atoms with Crippen LogP contribution in [0.1, 0.15) is 42.3 Å². The second kappa shape index (κ2) is 5.94. The molecule has 1 aromatic heterocycles. The highest BCUT2D eigenvalue weighted by Crippen LogP contribution is 2.30. The van der Waals surface area contributed by atoms with Crippen molar-refractivity contribution in [3.05, 3.63) is 16.1 Å². The van der Waals surface area contributed by atoms with Crippen molar-refractivity contribution in [1.82, 2.24) is 15.2 Å². The van der Waals surface area contributed by atoms with E-state index in [1.54, 1.807) is 0 Å². The molecular formula is C13H23N3S. The number of likely N-dealkylation sites (N-methyl/N-ethyl adjacent to an activating group) is 2. The monoisotopic (exact) mass is 253 g/mol. The summed E-state index contributed by atoms with van der Waals surface area (Å²) in [4.78, 5) is 7.27. The predicted molar refractivity (Wildman–Crippen MR) is 73.9 cm³/mol. The van der Waals surface area contributed by atoms with Crippen molar-refractivity contribution in [2.75, 3.05) is 33.7 Å². The van der Waals surface area contributed by atoms with E-state index in [9.17, 15) is 0 Å². The third-order valence-corrected chi connectivity index (χ3v) is 4.67. The third kappa shape index (κ3) is 3.06. The molecule has 1 aromatic rings. The number of hydrogen-bond acceptors (Lipinski definition) is 4. The summed E-state index contributed by atoms with van der Waals surface area (Å²) in [7, 11) is 4.21. The summed E-state index contributed by atoms with van der Waals surface area (Å²) >= 11 is 1.84. The number of hydrogen-bond donors (Lipinski definition) is 1. The Bertz CT molecular complexity index is 332. The highest BCUT2D eigenvalue weighted by molar-refractivity contribution is 7.09. The van der Waals surface area contributed by atoms with Crippen LogP contribution in [0.3, 0.4) is 0 Å². The van der Waals surface area contributed by atoms with Gasteiger partial charge in [-0.2, -0.15) is 0 Å². The minimum atomic E-state index is 0.581. The molecule has 96 valence electrons. The number of likely N-dealkylation sites (tertiary alicyclic amines) is 1. The molecule has 0 amide bonds. The Kier molecular flexibility index (Phi) is 4.54. The van der Waals surface area contributed by atoms with Crippen LogP contribution in [-0.4, -0.2) is 43.6 Å². The number of nitrogens with zero attached hydrogens (tertiary/aromatic N) is 2. The van der Waals surface area contributed by atoms with Crippen LogP contribution in [0.5, 0.6) is 0 Å².